The number of nitrogens with one attached hydrogen (secondary N) is 1. The minimum Gasteiger partial charge on any atom is -0.296 e. The number of halogens is 6. The van der Waals surface area contributed by atoms with E-state index in [-0.39, 0.29) is 11.8 Å². The van der Waals surface area contributed by atoms with Crippen molar-refractivity contribution in [2.75, 3.05) is 0 Å². The molecule has 10 heteroatoms. The molecule has 1 aliphatic rings. The molecule has 1 fully saturated rings. The Bertz CT molecular complexity index is 247. The SMILES string of the molecule is F[C](F)(F)[Al][C](F)(F)F.O=C1CCC(=O)N1. The Kier molecular flexibility index (Phi) is 5.28. The highest BCUT2D eigenvalue weighted by atomic mass is 27.1. The Morgan fingerprint density at radius 1 is 0.875 bits per heavy atom. The molecular formula is C6H5AlF6NO2. The summed E-state index contributed by atoms with van der Waals surface area (Å²) in [5, 5.41) is -7.98. The van der Waals surface area contributed by atoms with E-state index in [0.717, 1.165) is 0 Å². The van der Waals surface area contributed by atoms with Crippen LogP contribution in [0.4, 0.5) is 26.3 Å². The van der Waals surface area contributed by atoms with Crippen LogP contribution < -0.4 is 5.32 Å². The van der Waals surface area contributed by atoms with Crippen molar-refractivity contribution in [2.24, 2.45) is 0 Å². The van der Waals surface area contributed by atoms with E-state index in [1.807, 2.05) is 0 Å². The van der Waals surface area contributed by atoms with Crippen LogP contribution in [0.2, 0.25) is 0 Å². The second kappa shape index (κ2) is 5.54. The molecule has 0 unspecified atom stereocenters. The predicted molar refractivity (Wildman–Crippen MR) is 40.2 cm³/mol. The van der Waals surface area contributed by atoms with Gasteiger partial charge in [0, 0.05) is 12.8 Å². The summed E-state index contributed by atoms with van der Waals surface area (Å²) in [6.07, 6.45) is 0.748. The summed E-state index contributed by atoms with van der Waals surface area (Å²) in [6, 6.07) is 0. The normalized spacial score (nSPS) is 16.4. The zero-order valence-electron chi connectivity index (χ0n) is 7.58. The summed E-state index contributed by atoms with van der Waals surface area (Å²) < 4.78 is 65.2. The van der Waals surface area contributed by atoms with E-state index in [1.54, 1.807) is 0 Å². The van der Waals surface area contributed by atoms with Gasteiger partial charge >= 0.3 is 25.3 Å². The van der Waals surface area contributed by atoms with Crippen LogP contribution in [0, 0.1) is 0 Å². The number of carbonyl (C=O) groups is 2. The van der Waals surface area contributed by atoms with Crippen LogP contribution in [-0.4, -0.2) is 37.1 Å². The number of amides is 2. The maximum atomic E-state index is 10.9. The predicted octanol–water partition coefficient (Wildman–Crippen LogP) is 1.15. The van der Waals surface area contributed by atoms with Gasteiger partial charge in [-0.05, 0) is 0 Å². The molecule has 0 bridgehead atoms. The van der Waals surface area contributed by atoms with Crippen molar-refractivity contribution in [3.63, 3.8) is 0 Å². The van der Waals surface area contributed by atoms with Crippen LogP contribution in [0.15, 0.2) is 0 Å². The molecule has 0 aromatic rings. The fourth-order valence-corrected chi connectivity index (χ4v) is 1.06. The highest BCUT2D eigenvalue weighted by molar-refractivity contribution is 6.40. The maximum absolute atomic E-state index is 10.9. The molecule has 16 heavy (non-hydrogen) atoms. The minimum atomic E-state index is -5.06. The van der Waals surface area contributed by atoms with Gasteiger partial charge in [0.2, 0.25) is 11.8 Å². The van der Waals surface area contributed by atoms with E-state index in [4.69, 9.17) is 0 Å². The van der Waals surface area contributed by atoms with Crippen LogP contribution in [0.25, 0.3) is 0 Å². The third-order valence-corrected chi connectivity index (χ3v) is 1.84. The summed E-state index contributed by atoms with van der Waals surface area (Å²) in [4.78, 5) is 20.2. The number of carbonyl (C=O) groups excluding carboxylic acids is 2. The minimum absolute atomic E-state index is 0.148. The van der Waals surface area contributed by atoms with E-state index >= 15 is 0 Å². The summed E-state index contributed by atoms with van der Waals surface area (Å²) >= 11 is -3.43. The highest BCUT2D eigenvalue weighted by Gasteiger charge is 2.47. The van der Waals surface area contributed by atoms with Crippen molar-refractivity contribution in [1.29, 1.82) is 0 Å². The third kappa shape index (κ3) is 9.79. The molecule has 0 saturated carbocycles. The Hall–Kier alpha value is -0.748. The Balaban J connectivity index is 0.000000288. The number of hydrogen-bond acceptors (Lipinski definition) is 2. The van der Waals surface area contributed by atoms with Crippen molar-refractivity contribution in [3.8, 4) is 0 Å². The second-order valence-corrected chi connectivity index (χ2v) is 4.30. The van der Waals surface area contributed by atoms with Crippen LogP contribution in [0.5, 0.6) is 0 Å². The Morgan fingerprint density at radius 3 is 1.25 bits per heavy atom. The van der Waals surface area contributed by atoms with Gasteiger partial charge in [-0.1, -0.05) is 0 Å². The summed E-state index contributed by atoms with van der Waals surface area (Å²) in [5.41, 5.74) is 0. The molecule has 91 valence electrons. The molecule has 1 radical (unpaired) electrons. The molecule has 0 spiro atoms. The van der Waals surface area contributed by atoms with E-state index < -0.39 is 25.3 Å². The molecule has 1 N–H and O–H groups in total. The zero-order valence-corrected chi connectivity index (χ0v) is 8.73. The molecule has 1 rings (SSSR count). The molecule has 2 amide bonds. The lowest BCUT2D eigenvalue weighted by Crippen LogP contribution is -2.32. The molecule has 0 atom stereocenters. The van der Waals surface area contributed by atoms with Gasteiger partial charge in [0.25, 0.3) is 0 Å². The second-order valence-electron chi connectivity index (χ2n) is 2.70. The van der Waals surface area contributed by atoms with E-state index in [0.29, 0.717) is 12.8 Å². The fourth-order valence-electron chi connectivity index (χ4n) is 0.693. The van der Waals surface area contributed by atoms with Crippen molar-refractivity contribution in [1.82, 2.24) is 5.32 Å². The van der Waals surface area contributed by atoms with Crippen LogP contribution in [0.3, 0.4) is 0 Å². The monoisotopic (exact) mass is 264 g/mol. The van der Waals surface area contributed by atoms with E-state index in [2.05, 4.69) is 5.32 Å². The van der Waals surface area contributed by atoms with Gasteiger partial charge in [0.15, 0.2) is 0 Å². The van der Waals surface area contributed by atoms with Crippen molar-refractivity contribution < 1.29 is 35.9 Å². The first-order chi connectivity index (χ1) is 6.99. The molecule has 1 saturated heterocycles. The third-order valence-electron chi connectivity index (χ3n) is 1.19. The highest BCUT2D eigenvalue weighted by Crippen LogP contribution is 2.23. The Labute approximate surface area is 91.9 Å². The van der Waals surface area contributed by atoms with Crippen molar-refractivity contribution in [3.05, 3.63) is 0 Å². The average molecular weight is 264 g/mol. The lowest BCUT2D eigenvalue weighted by atomic mass is 10.4. The largest absolute Gasteiger partial charge is 0.546 e. The number of imide groups is 1. The quantitative estimate of drug-likeness (QED) is 0.405. The molecule has 3 nitrogen and oxygen atoms in total. The van der Waals surface area contributed by atoms with Crippen LogP contribution in [-0.2, 0) is 9.59 Å². The first-order valence-electron chi connectivity index (χ1n) is 3.83. The van der Waals surface area contributed by atoms with Crippen LogP contribution >= 0.6 is 0 Å². The van der Waals surface area contributed by atoms with Gasteiger partial charge in [-0.2, -0.15) is 26.3 Å². The number of hydrogen-bond donors (Lipinski definition) is 1. The Morgan fingerprint density at radius 2 is 1.19 bits per heavy atom. The molecule has 1 aliphatic heterocycles. The molecular weight excluding hydrogens is 259 g/mol. The van der Waals surface area contributed by atoms with Gasteiger partial charge in [0.05, 0.1) is 0 Å². The van der Waals surface area contributed by atoms with Gasteiger partial charge in [-0.15, -0.1) is 0 Å². The molecule has 1 heterocycles. The van der Waals surface area contributed by atoms with Gasteiger partial charge in [-0.3, -0.25) is 14.9 Å². The lowest BCUT2D eigenvalue weighted by molar-refractivity contribution is -0.124. The first kappa shape index (κ1) is 15.3. The molecule has 0 aliphatic carbocycles. The average Bonchev–Trinajstić information content (AvgIpc) is 2.26. The molecule has 0 aromatic heterocycles. The van der Waals surface area contributed by atoms with Crippen molar-refractivity contribution >= 4 is 27.0 Å². The standard InChI is InChI=1S/C4H5NO2.2CF3.Al/c6-3-1-2-4(7)5-3;2*2-1(3)4;/h1-2H2,(H,5,6,7);;;. The van der Waals surface area contributed by atoms with Crippen molar-refractivity contribution in [2.45, 2.75) is 22.9 Å². The van der Waals surface area contributed by atoms with E-state index in [9.17, 15) is 35.9 Å². The van der Waals surface area contributed by atoms with Crippen LogP contribution in [0.1, 0.15) is 12.8 Å². The van der Waals surface area contributed by atoms with Gasteiger partial charge < -0.3 is 0 Å². The smallest absolute Gasteiger partial charge is 0.296 e. The van der Waals surface area contributed by atoms with E-state index in [1.165, 1.54) is 0 Å². The first-order valence-corrected chi connectivity index (χ1v) is 4.98. The summed E-state index contributed by atoms with van der Waals surface area (Å²) in [7, 11) is 0. The number of rotatable bonds is 0. The van der Waals surface area contributed by atoms with Gasteiger partial charge in [0.1, 0.15) is 0 Å². The summed E-state index contributed by atoms with van der Waals surface area (Å²) in [6.45, 7) is 0. The molecule has 0 aromatic carbocycles. The zero-order chi connectivity index (χ0) is 13.0. The summed E-state index contributed by atoms with van der Waals surface area (Å²) in [5.74, 6) is -0.296. The lowest BCUT2D eigenvalue weighted by Gasteiger charge is -2.06. The number of alkyl halides is 6. The van der Waals surface area contributed by atoms with Gasteiger partial charge in [-0.25, -0.2) is 0 Å². The topological polar surface area (TPSA) is 46.2 Å². The maximum Gasteiger partial charge on any atom is 0.546 e. The fraction of sp³-hybridized carbons (Fsp3) is 0.667.